The number of aliphatic hydroxyl groups is 1. The van der Waals surface area contributed by atoms with Crippen molar-refractivity contribution in [2.75, 3.05) is 19.6 Å². The molecule has 0 saturated carbocycles. The van der Waals surface area contributed by atoms with E-state index in [-0.39, 0.29) is 17.2 Å². The maximum atomic E-state index is 12.9. The fourth-order valence-electron chi connectivity index (χ4n) is 4.16. The number of ketones is 1. The molecule has 1 aliphatic heterocycles. The van der Waals surface area contributed by atoms with E-state index in [9.17, 15) is 19.1 Å². The number of halogens is 2. The Morgan fingerprint density at radius 1 is 0.974 bits per heavy atom. The topological polar surface area (TPSA) is 127 Å². The van der Waals surface area contributed by atoms with Gasteiger partial charge in [-0.05, 0) is 85.4 Å². The van der Waals surface area contributed by atoms with Crippen LogP contribution < -0.4 is 0 Å². The maximum absolute atomic E-state index is 12.9. The Morgan fingerprint density at radius 2 is 1.55 bits per heavy atom. The van der Waals surface area contributed by atoms with Gasteiger partial charge >= 0.3 is 5.97 Å². The predicted octanol–water partition coefficient (Wildman–Crippen LogP) is 6.75. The number of hydrogen-bond donors (Lipinski definition) is 2. The molecule has 198 valence electrons. The fraction of sp³-hybridized carbons (Fsp3) is 0.286. The van der Waals surface area contributed by atoms with Gasteiger partial charge < -0.3 is 15.1 Å². The summed E-state index contributed by atoms with van der Waals surface area (Å²) < 4.78 is 12.9. The van der Waals surface area contributed by atoms with Gasteiger partial charge in [0.2, 0.25) is 0 Å². The second-order valence-electron chi connectivity index (χ2n) is 8.96. The van der Waals surface area contributed by atoms with E-state index in [0.29, 0.717) is 35.5 Å². The SMILES string of the molecule is O=C(CCCN1CCC(O)(c2ccc(Cl)cc2)CC1)c1ccc(F)cc1.[N-]=[N+]=Nc1ccc(C(=O)O)cc1. The van der Waals surface area contributed by atoms with Crippen LogP contribution in [0.5, 0.6) is 0 Å². The van der Waals surface area contributed by atoms with Crippen LogP contribution in [0.1, 0.15) is 52.0 Å². The fourth-order valence-corrected chi connectivity index (χ4v) is 4.29. The van der Waals surface area contributed by atoms with Crippen molar-refractivity contribution >= 4 is 29.0 Å². The van der Waals surface area contributed by atoms with Crippen molar-refractivity contribution in [2.45, 2.75) is 31.3 Å². The van der Waals surface area contributed by atoms with Gasteiger partial charge in [-0.15, -0.1) is 0 Å². The van der Waals surface area contributed by atoms with Crippen molar-refractivity contribution in [1.29, 1.82) is 0 Å². The molecule has 3 aromatic carbocycles. The molecule has 3 aromatic rings. The van der Waals surface area contributed by atoms with E-state index in [0.717, 1.165) is 31.6 Å². The highest BCUT2D eigenvalue weighted by Gasteiger charge is 2.33. The quantitative estimate of drug-likeness (QED) is 0.142. The number of carbonyl (C=O) groups excluding carboxylic acids is 1. The van der Waals surface area contributed by atoms with E-state index in [2.05, 4.69) is 14.9 Å². The summed E-state index contributed by atoms with van der Waals surface area (Å²) in [6.45, 7) is 2.41. The zero-order valence-electron chi connectivity index (χ0n) is 20.6. The van der Waals surface area contributed by atoms with Crippen LogP contribution in [0, 0.1) is 5.82 Å². The van der Waals surface area contributed by atoms with Crippen molar-refractivity contribution in [3.8, 4) is 0 Å². The Morgan fingerprint density at radius 3 is 2.11 bits per heavy atom. The Bertz CT molecular complexity index is 1250. The molecule has 0 spiro atoms. The first-order chi connectivity index (χ1) is 18.2. The number of hydrogen-bond acceptors (Lipinski definition) is 5. The highest BCUT2D eigenvalue weighted by atomic mass is 35.5. The van der Waals surface area contributed by atoms with Crippen molar-refractivity contribution in [1.82, 2.24) is 4.90 Å². The highest BCUT2D eigenvalue weighted by Crippen LogP contribution is 2.33. The third kappa shape index (κ3) is 8.39. The first-order valence-electron chi connectivity index (χ1n) is 12.1. The van der Waals surface area contributed by atoms with Crippen LogP contribution in [0.25, 0.3) is 10.4 Å². The number of aromatic carboxylic acids is 1. The van der Waals surface area contributed by atoms with E-state index < -0.39 is 11.6 Å². The van der Waals surface area contributed by atoms with E-state index in [4.69, 9.17) is 22.2 Å². The summed E-state index contributed by atoms with van der Waals surface area (Å²) >= 11 is 5.92. The Labute approximate surface area is 224 Å². The second kappa shape index (κ2) is 13.7. The van der Waals surface area contributed by atoms with Crippen molar-refractivity contribution in [2.24, 2.45) is 5.11 Å². The van der Waals surface area contributed by atoms with E-state index in [1.54, 1.807) is 0 Å². The molecular formula is C28H28ClFN4O4. The van der Waals surface area contributed by atoms with Crippen molar-refractivity contribution < 1.29 is 24.2 Å². The summed E-state index contributed by atoms with van der Waals surface area (Å²) in [6.07, 6.45) is 2.54. The molecule has 4 rings (SSSR count). The number of Topliss-reactive ketones (excluding diaryl/α,β-unsaturated/α-hetero) is 1. The van der Waals surface area contributed by atoms with Gasteiger partial charge in [0.15, 0.2) is 5.78 Å². The molecule has 0 atom stereocenters. The molecule has 0 amide bonds. The minimum absolute atomic E-state index is 0.0414. The number of carboxylic acids is 1. The van der Waals surface area contributed by atoms with Gasteiger partial charge in [0.1, 0.15) is 5.82 Å². The lowest BCUT2D eigenvalue weighted by atomic mass is 9.84. The number of azide groups is 1. The molecule has 0 aliphatic carbocycles. The monoisotopic (exact) mass is 538 g/mol. The number of likely N-dealkylation sites (tertiary alicyclic amines) is 1. The van der Waals surface area contributed by atoms with Crippen LogP contribution in [0.4, 0.5) is 10.1 Å². The Kier molecular flexibility index (Phi) is 10.4. The molecular weight excluding hydrogens is 511 g/mol. The first kappa shape index (κ1) is 28.8. The Balaban J connectivity index is 0.000000279. The molecule has 0 bridgehead atoms. The number of rotatable bonds is 8. The Hall–Kier alpha value is -3.75. The molecule has 1 heterocycles. The number of piperidine rings is 1. The van der Waals surface area contributed by atoms with Gasteiger partial charge in [0.05, 0.1) is 11.2 Å². The minimum atomic E-state index is -0.998. The summed E-state index contributed by atoms with van der Waals surface area (Å²) in [7, 11) is 0. The predicted molar refractivity (Wildman–Crippen MR) is 143 cm³/mol. The van der Waals surface area contributed by atoms with Crippen LogP contribution in [-0.2, 0) is 5.60 Å². The number of carbonyl (C=O) groups is 2. The molecule has 1 saturated heterocycles. The van der Waals surface area contributed by atoms with Gasteiger partial charge in [-0.25, -0.2) is 9.18 Å². The number of nitrogens with zero attached hydrogens (tertiary/aromatic N) is 4. The zero-order valence-corrected chi connectivity index (χ0v) is 21.4. The largest absolute Gasteiger partial charge is 0.478 e. The first-order valence-corrected chi connectivity index (χ1v) is 12.5. The molecule has 10 heteroatoms. The van der Waals surface area contributed by atoms with Gasteiger partial charge in [0, 0.05) is 40.7 Å². The molecule has 8 nitrogen and oxygen atoms in total. The lowest BCUT2D eigenvalue weighted by Gasteiger charge is -2.38. The smallest absolute Gasteiger partial charge is 0.335 e. The zero-order chi connectivity index (χ0) is 27.5. The molecule has 0 unspecified atom stereocenters. The molecule has 38 heavy (non-hydrogen) atoms. The summed E-state index contributed by atoms with van der Waals surface area (Å²) in [5.74, 6) is -1.29. The summed E-state index contributed by atoms with van der Waals surface area (Å²) in [4.78, 5) is 27.3. The normalized spacial score (nSPS) is 14.5. The lowest BCUT2D eigenvalue weighted by molar-refractivity contribution is -0.0260. The standard InChI is InChI=1S/C21H23ClFNO2.C7H5N3O2/c22-18-7-5-17(6-8-18)21(26)11-14-24(15-12-21)13-1-2-20(25)16-3-9-19(23)10-4-16;8-10-9-6-3-1-5(2-4-6)7(11)12/h3-10,26H,1-2,11-15H2;1-4H,(H,11,12). The lowest BCUT2D eigenvalue weighted by Crippen LogP contribution is -2.42. The maximum Gasteiger partial charge on any atom is 0.335 e. The molecule has 0 aromatic heterocycles. The average molecular weight is 539 g/mol. The average Bonchev–Trinajstić information content (AvgIpc) is 2.91. The summed E-state index contributed by atoms with van der Waals surface area (Å²) in [5, 5.41) is 23.3. The van der Waals surface area contributed by atoms with Crippen LogP contribution in [-0.4, -0.2) is 46.5 Å². The van der Waals surface area contributed by atoms with Gasteiger partial charge in [-0.2, -0.15) is 0 Å². The molecule has 1 fully saturated rings. The van der Waals surface area contributed by atoms with E-state index >= 15 is 0 Å². The van der Waals surface area contributed by atoms with Crippen LogP contribution in [0.3, 0.4) is 0 Å². The molecule has 1 aliphatic rings. The van der Waals surface area contributed by atoms with Gasteiger partial charge in [-0.3, -0.25) is 4.79 Å². The third-order valence-corrected chi connectivity index (χ3v) is 6.64. The van der Waals surface area contributed by atoms with Gasteiger partial charge in [0.25, 0.3) is 0 Å². The number of carboxylic acid groups (broad SMARTS) is 1. The van der Waals surface area contributed by atoms with Crippen LogP contribution in [0.15, 0.2) is 77.9 Å². The van der Waals surface area contributed by atoms with Crippen molar-refractivity contribution in [3.05, 3.63) is 111 Å². The summed E-state index contributed by atoms with van der Waals surface area (Å²) in [5.41, 5.74) is 9.29. The molecule has 2 N–H and O–H groups in total. The third-order valence-electron chi connectivity index (χ3n) is 6.38. The number of benzene rings is 3. The van der Waals surface area contributed by atoms with Crippen molar-refractivity contribution in [3.63, 3.8) is 0 Å². The second-order valence-corrected chi connectivity index (χ2v) is 9.39. The van der Waals surface area contributed by atoms with E-state index in [1.165, 1.54) is 48.5 Å². The van der Waals surface area contributed by atoms with E-state index in [1.807, 2.05) is 24.3 Å². The highest BCUT2D eigenvalue weighted by molar-refractivity contribution is 6.30. The van der Waals surface area contributed by atoms with Gasteiger partial charge in [-0.1, -0.05) is 41.0 Å². The van der Waals surface area contributed by atoms with Crippen LogP contribution >= 0.6 is 11.6 Å². The summed E-state index contributed by atoms with van der Waals surface area (Å²) in [6, 6.07) is 18.7. The van der Waals surface area contributed by atoms with Crippen LogP contribution in [0.2, 0.25) is 5.02 Å². The molecule has 0 radical (unpaired) electrons. The minimum Gasteiger partial charge on any atom is -0.478 e.